The van der Waals surface area contributed by atoms with Gasteiger partial charge in [-0.25, -0.2) is 4.98 Å². The van der Waals surface area contributed by atoms with Gasteiger partial charge in [0.05, 0.1) is 24.9 Å². The first-order valence-electron chi connectivity index (χ1n) is 7.81. The Hall–Kier alpha value is -2.21. The van der Waals surface area contributed by atoms with E-state index in [1.165, 1.54) is 0 Å². The number of benzene rings is 1. The van der Waals surface area contributed by atoms with Crippen LogP contribution in [0.4, 0.5) is 17.5 Å². The van der Waals surface area contributed by atoms with E-state index in [2.05, 4.69) is 34.0 Å². The molecule has 6 nitrogen and oxygen atoms in total. The molecule has 0 saturated carbocycles. The van der Waals surface area contributed by atoms with Crippen molar-refractivity contribution in [3.8, 4) is 11.5 Å². The highest BCUT2D eigenvalue weighted by atomic mass is 35.5. The summed E-state index contributed by atoms with van der Waals surface area (Å²) < 4.78 is 10.7. The van der Waals surface area contributed by atoms with Gasteiger partial charge in [-0.15, -0.1) is 0 Å². The zero-order valence-electron chi connectivity index (χ0n) is 14.7. The molecule has 7 heteroatoms. The number of methoxy groups -OCH3 is 2. The van der Waals surface area contributed by atoms with Crippen LogP contribution < -0.4 is 19.7 Å². The van der Waals surface area contributed by atoms with Crippen molar-refractivity contribution in [1.82, 2.24) is 9.97 Å². The van der Waals surface area contributed by atoms with Gasteiger partial charge in [-0.05, 0) is 20.8 Å². The molecule has 0 unspecified atom stereocenters. The van der Waals surface area contributed by atoms with Crippen molar-refractivity contribution in [1.29, 1.82) is 0 Å². The zero-order chi connectivity index (χ0) is 17.7. The molecule has 1 aromatic heterocycles. The number of rotatable bonds is 7. The van der Waals surface area contributed by atoms with E-state index in [0.717, 1.165) is 24.5 Å². The Morgan fingerprint density at radius 3 is 2.29 bits per heavy atom. The minimum absolute atomic E-state index is 0.489. The van der Waals surface area contributed by atoms with Gasteiger partial charge < -0.3 is 19.7 Å². The van der Waals surface area contributed by atoms with Gasteiger partial charge in [-0.3, -0.25) is 0 Å². The maximum atomic E-state index is 6.15. The van der Waals surface area contributed by atoms with E-state index in [1.807, 2.05) is 13.0 Å². The maximum absolute atomic E-state index is 6.15. The van der Waals surface area contributed by atoms with Crippen molar-refractivity contribution < 1.29 is 9.47 Å². The molecule has 0 fully saturated rings. The zero-order valence-corrected chi connectivity index (χ0v) is 15.4. The van der Waals surface area contributed by atoms with Crippen LogP contribution in [-0.4, -0.2) is 37.3 Å². The molecule has 0 aliphatic heterocycles. The number of hydrogen-bond donors (Lipinski definition) is 1. The number of hydrogen-bond acceptors (Lipinski definition) is 6. The van der Waals surface area contributed by atoms with Crippen molar-refractivity contribution in [2.45, 2.75) is 20.8 Å². The smallest absolute Gasteiger partial charge is 0.227 e. The average molecular weight is 351 g/mol. The molecular formula is C17H23ClN4O2. The lowest BCUT2D eigenvalue weighted by atomic mass is 10.2. The van der Waals surface area contributed by atoms with E-state index in [0.29, 0.717) is 28.3 Å². The third kappa shape index (κ3) is 4.00. The highest BCUT2D eigenvalue weighted by Gasteiger charge is 2.13. The van der Waals surface area contributed by atoms with Crippen LogP contribution in [0.1, 0.15) is 19.5 Å². The van der Waals surface area contributed by atoms with Gasteiger partial charge in [0.2, 0.25) is 5.95 Å². The van der Waals surface area contributed by atoms with E-state index in [4.69, 9.17) is 21.1 Å². The van der Waals surface area contributed by atoms with Crippen LogP contribution in [0, 0.1) is 6.92 Å². The second-order valence-electron chi connectivity index (χ2n) is 5.18. The van der Waals surface area contributed by atoms with Gasteiger partial charge >= 0.3 is 0 Å². The Balaban J connectivity index is 2.40. The van der Waals surface area contributed by atoms with Gasteiger partial charge in [-0.1, -0.05) is 11.6 Å². The van der Waals surface area contributed by atoms with Crippen LogP contribution in [0.2, 0.25) is 5.02 Å². The molecule has 1 aromatic carbocycles. The van der Waals surface area contributed by atoms with E-state index < -0.39 is 0 Å². The number of ether oxygens (including phenoxy) is 2. The third-order valence-corrected chi connectivity index (χ3v) is 3.92. The fraction of sp³-hybridized carbons (Fsp3) is 0.412. The molecular weight excluding hydrogens is 328 g/mol. The number of nitrogens with one attached hydrogen (secondary N) is 1. The number of halogens is 1. The van der Waals surface area contributed by atoms with Crippen molar-refractivity contribution >= 4 is 29.1 Å². The monoisotopic (exact) mass is 350 g/mol. The normalized spacial score (nSPS) is 10.4. The van der Waals surface area contributed by atoms with E-state index >= 15 is 0 Å². The summed E-state index contributed by atoms with van der Waals surface area (Å²) in [6.07, 6.45) is 0. The van der Waals surface area contributed by atoms with Crippen LogP contribution in [-0.2, 0) is 0 Å². The molecule has 2 aromatic rings. The first-order chi connectivity index (χ1) is 11.5. The van der Waals surface area contributed by atoms with Crippen LogP contribution in [0.5, 0.6) is 11.5 Å². The predicted octanol–water partition coefficient (Wildman–Crippen LogP) is 4.05. The SMILES string of the molecule is CCN(CC)c1nc(C)cc(Nc2cc(OC)c(Cl)cc2OC)n1. The Morgan fingerprint density at radius 1 is 1.04 bits per heavy atom. The highest BCUT2D eigenvalue weighted by Crippen LogP contribution is 2.37. The number of nitrogens with zero attached hydrogens (tertiary/aromatic N) is 3. The lowest BCUT2D eigenvalue weighted by Crippen LogP contribution is -2.24. The van der Waals surface area contributed by atoms with Crippen LogP contribution in [0.25, 0.3) is 0 Å². The summed E-state index contributed by atoms with van der Waals surface area (Å²) in [5.41, 5.74) is 1.61. The van der Waals surface area contributed by atoms with Gasteiger partial charge in [-0.2, -0.15) is 4.98 Å². The van der Waals surface area contributed by atoms with Gasteiger partial charge in [0, 0.05) is 37.0 Å². The molecule has 1 N–H and O–H groups in total. The summed E-state index contributed by atoms with van der Waals surface area (Å²) in [6.45, 7) is 7.79. The fourth-order valence-electron chi connectivity index (χ4n) is 2.36. The first-order valence-corrected chi connectivity index (χ1v) is 8.19. The molecule has 130 valence electrons. The highest BCUT2D eigenvalue weighted by molar-refractivity contribution is 6.32. The summed E-state index contributed by atoms with van der Waals surface area (Å²) in [5, 5.41) is 3.76. The van der Waals surface area contributed by atoms with Crippen molar-refractivity contribution in [3.63, 3.8) is 0 Å². The Labute approximate surface area is 147 Å². The molecule has 0 saturated heterocycles. The first kappa shape index (κ1) is 18.1. The van der Waals surface area contributed by atoms with Gasteiger partial charge in [0.25, 0.3) is 0 Å². The lowest BCUT2D eigenvalue weighted by molar-refractivity contribution is 0.405. The molecule has 0 radical (unpaired) electrons. The summed E-state index contributed by atoms with van der Waals surface area (Å²) in [6, 6.07) is 5.38. The Morgan fingerprint density at radius 2 is 1.71 bits per heavy atom. The number of aromatic nitrogens is 2. The van der Waals surface area contributed by atoms with E-state index in [-0.39, 0.29) is 0 Å². The summed E-state index contributed by atoms with van der Waals surface area (Å²) in [5.74, 6) is 2.56. The van der Waals surface area contributed by atoms with Gasteiger partial charge in [0.1, 0.15) is 17.3 Å². The second-order valence-corrected chi connectivity index (χ2v) is 5.59. The molecule has 0 bridgehead atoms. The summed E-state index contributed by atoms with van der Waals surface area (Å²) in [7, 11) is 3.17. The minimum Gasteiger partial charge on any atom is -0.495 e. The minimum atomic E-state index is 0.489. The van der Waals surface area contributed by atoms with Crippen molar-refractivity contribution in [3.05, 3.63) is 28.9 Å². The molecule has 0 aliphatic rings. The Kier molecular flexibility index (Phi) is 6.09. The molecule has 0 atom stereocenters. The van der Waals surface area contributed by atoms with Crippen molar-refractivity contribution in [2.24, 2.45) is 0 Å². The van der Waals surface area contributed by atoms with Crippen LogP contribution in [0.15, 0.2) is 18.2 Å². The third-order valence-electron chi connectivity index (χ3n) is 3.63. The van der Waals surface area contributed by atoms with Gasteiger partial charge in [0.15, 0.2) is 0 Å². The topological polar surface area (TPSA) is 59.5 Å². The van der Waals surface area contributed by atoms with Crippen LogP contribution in [0.3, 0.4) is 0 Å². The number of aryl methyl sites for hydroxylation is 1. The van der Waals surface area contributed by atoms with Crippen molar-refractivity contribution in [2.75, 3.05) is 37.5 Å². The standard InChI is InChI=1S/C17H23ClN4O2/c1-6-22(7-2)17-19-11(3)8-16(21-17)20-13-10-14(23-4)12(18)9-15(13)24-5/h8-10H,6-7H2,1-5H3,(H,19,20,21). The van der Waals surface area contributed by atoms with Crippen LogP contribution >= 0.6 is 11.6 Å². The summed E-state index contributed by atoms with van der Waals surface area (Å²) >= 11 is 6.15. The molecule has 24 heavy (non-hydrogen) atoms. The quantitative estimate of drug-likeness (QED) is 0.813. The van der Waals surface area contributed by atoms with E-state index in [9.17, 15) is 0 Å². The predicted molar refractivity (Wildman–Crippen MR) is 98.2 cm³/mol. The molecule has 1 heterocycles. The lowest BCUT2D eigenvalue weighted by Gasteiger charge is -2.20. The van der Waals surface area contributed by atoms with E-state index in [1.54, 1.807) is 26.4 Å². The molecule has 0 spiro atoms. The largest absolute Gasteiger partial charge is 0.495 e. The molecule has 0 amide bonds. The summed E-state index contributed by atoms with van der Waals surface area (Å²) in [4.78, 5) is 11.2. The molecule has 2 rings (SSSR count). The molecule has 0 aliphatic carbocycles. The fourth-order valence-corrected chi connectivity index (χ4v) is 2.59. The average Bonchev–Trinajstić information content (AvgIpc) is 2.56. The second kappa shape index (κ2) is 8.06. The Bertz CT molecular complexity index is 705. The maximum Gasteiger partial charge on any atom is 0.227 e. The number of anilines is 3.